The van der Waals surface area contributed by atoms with Gasteiger partial charge in [0.05, 0.1) is 6.04 Å². The van der Waals surface area contributed by atoms with E-state index in [4.69, 9.17) is 10.2 Å². The molecule has 2 nitrogen and oxygen atoms in total. The van der Waals surface area contributed by atoms with Crippen LogP contribution in [0.5, 0.6) is 0 Å². The quantitative estimate of drug-likeness (QED) is 0.888. The number of halogens is 2. The van der Waals surface area contributed by atoms with E-state index in [2.05, 4.69) is 31.9 Å². The van der Waals surface area contributed by atoms with Crippen LogP contribution in [0.15, 0.2) is 43.9 Å². The van der Waals surface area contributed by atoms with Crippen LogP contribution in [0, 0.1) is 6.92 Å². The zero-order chi connectivity index (χ0) is 11.7. The number of aryl methyl sites for hydroxylation is 1. The van der Waals surface area contributed by atoms with Crippen molar-refractivity contribution in [2.45, 2.75) is 13.0 Å². The number of hydrogen-bond donors (Lipinski definition) is 1. The Morgan fingerprint density at radius 2 is 1.94 bits per heavy atom. The molecular formula is C12H11Br2NO. The van der Waals surface area contributed by atoms with Crippen molar-refractivity contribution < 1.29 is 4.42 Å². The molecule has 0 radical (unpaired) electrons. The van der Waals surface area contributed by atoms with Crippen molar-refractivity contribution in [3.63, 3.8) is 0 Å². The van der Waals surface area contributed by atoms with Crippen LogP contribution in [0.1, 0.15) is 22.9 Å². The first-order chi connectivity index (χ1) is 7.58. The van der Waals surface area contributed by atoms with Crippen LogP contribution in [0.2, 0.25) is 0 Å². The SMILES string of the molecule is Cc1ccc(Br)cc1C(N)c1ccc(Br)o1. The van der Waals surface area contributed by atoms with Crippen molar-refractivity contribution >= 4 is 31.9 Å². The van der Waals surface area contributed by atoms with E-state index < -0.39 is 0 Å². The Bertz CT molecular complexity index is 507. The normalized spacial score (nSPS) is 12.8. The van der Waals surface area contributed by atoms with Crippen LogP contribution in [0.3, 0.4) is 0 Å². The molecule has 0 fully saturated rings. The van der Waals surface area contributed by atoms with E-state index >= 15 is 0 Å². The highest BCUT2D eigenvalue weighted by molar-refractivity contribution is 9.10. The van der Waals surface area contributed by atoms with Gasteiger partial charge in [0.15, 0.2) is 4.67 Å². The molecule has 2 aromatic rings. The van der Waals surface area contributed by atoms with Gasteiger partial charge in [0.1, 0.15) is 5.76 Å². The third-order valence-corrected chi connectivity index (χ3v) is 3.40. The van der Waals surface area contributed by atoms with Gasteiger partial charge in [-0.1, -0.05) is 22.0 Å². The minimum Gasteiger partial charge on any atom is -0.452 e. The zero-order valence-electron chi connectivity index (χ0n) is 8.71. The third-order valence-electron chi connectivity index (χ3n) is 2.48. The maximum Gasteiger partial charge on any atom is 0.169 e. The van der Waals surface area contributed by atoms with Crippen molar-refractivity contribution in [3.05, 3.63) is 56.4 Å². The summed E-state index contributed by atoms with van der Waals surface area (Å²) in [6.07, 6.45) is 0. The number of nitrogens with two attached hydrogens (primary N) is 1. The molecule has 0 saturated heterocycles. The highest BCUT2D eigenvalue weighted by Crippen LogP contribution is 2.28. The van der Waals surface area contributed by atoms with Crippen LogP contribution in [-0.4, -0.2) is 0 Å². The van der Waals surface area contributed by atoms with Crippen LogP contribution in [0.25, 0.3) is 0 Å². The summed E-state index contributed by atoms with van der Waals surface area (Å²) in [5, 5.41) is 0. The van der Waals surface area contributed by atoms with E-state index in [1.807, 2.05) is 37.3 Å². The Hall–Kier alpha value is -0.580. The molecule has 16 heavy (non-hydrogen) atoms. The van der Waals surface area contributed by atoms with Gasteiger partial charge < -0.3 is 10.2 Å². The van der Waals surface area contributed by atoms with Gasteiger partial charge in [0, 0.05) is 4.47 Å². The second kappa shape index (κ2) is 4.73. The fourth-order valence-corrected chi connectivity index (χ4v) is 2.29. The minimum atomic E-state index is -0.233. The molecule has 1 heterocycles. The summed E-state index contributed by atoms with van der Waals surface area (Å²) in [6, 6.07) is 9.57. The van der Waals surface area contributed by atoms with Gasteiger partial charge in [-0.05, 0) is 58.2 Å². The molecule has 2 N–H and O–H groups in total. The fraction of sp³-hybridized carbons (Fsp3) is 0.167. The number of benzene rings is 1. The molecule has 2 rings (SSSR count). The van der Waals surface area contributed by atoms with Crippen LogP contribution in [-0.2, 0) is 0 Å². The average Bonchev–Trinajstić information content (AvgIpc) is 2.67. The fourth-order valence-electron chi connectivity index (χ4n) is 1.60. The number of hydrogen-bond acceptors (Lipinski definition) is 2. The van der Waals surface area contributed by atoms with Crippen molar-refractivity contribution in [1.82, 2.24) is 0 Å². The van der Waals surface area contributed by atoms with E-state index in [9.17, 15) is 0 Å². The summed E-state index contributed by atoms with van der Waals surface area (Å²) >= 11 is 6.72. The van der Waals surface area contributed by atoms with Crippen LogP contribution < -0.4 is 5.73 Å². The lowest BCUT2D eigenvalue weighted by Gasteiger charge is -2.12. The number of rotatable bonds is 2. The van der Waals surface area contributed by atoms with Crippen molar-refractivity contribution in [3.8, 4) is 0 Å². The summed E-state index contributed by atoms with van der Waals surface area (Å²) in [6.45, 7) is 2.04. The topological polar surface area (TPSA) is 39.2 Å². The molecule has 4 heteroatoms. The predicted octanol–water partition coefficient (Wildman–Crippen LogP) is 4.16. The first-order valence-electron chi connectivity index (χ1n) is 4.85. The molecule has 1 aromatic heterocycles. The second-order valence-corrected chi connectivity index (χ2v) is 5.32. The minimum absolute atomic E-state index is 0.233. The highest BCUT2D eigenvalue weighted by atomic mass is 79.9. The molecule has 1 atom stereocenters. The molecule has 0 aliphatic carbocycles. The Labute approximate surface area is 111 Å². The summed E-state index contributed by atoms with van der Waals surface area (Å²) in [5.41, 5.74) is 8.39. The standard InChI is InChI=1S/C12H11Br2NO/c1-7-2-3-8(13)6-9(7)12(15)10-4-5-11(14)16-10/h2-6,12H,15H2,1H3. The first kappa shape index (κ1) is 11.9. The smallest absolute Gasteiger partial charge is 0.169 e. The average molecular weight is 345 g/mol. The lowest BCUT2D eigenvalue weighted by molar-refractivity contribution is 0.469. The van der Waals surface area contributed by atoms with Gasteiger partial charge in [0.2, 0.25) is 0 Å². The van der Waals surface area contributed by atoms with Crippen LogP contribution in [0.4, 0.5) is 0 Å². The van der Waals surface area contributed by atoms with E-state index in [-0.39, 0.29) is 6.04 Å². The van der Waals surface area contributed by atoms with E-state index in [1.54, 1.807) is 0 Å². The van der Waals surface area contributed by atoms with Gasteiger partial charge in [-0.25, -0.2) is 0 Å². The lowest BCUT2D eigenvalue weighted by atomic mass is 10.0. The van der Waals surface area contributed by atoms with Gasteiger partial charge in [-0.3, -0.25) is 0 Å². The van der Waals surface area contributed by atoms with Gasteiger partial charge in [-0.15, -0.1) is 0 Å². The van der Waals surface area contributed by atoms with E-state index in [1.165, 1.54) is 0 Å². The van der Waals surface area contributed by atoms with Crippen molar-refractivity contribution in [2.75, 3.05) is 0 Å². The molecule has 0 aliphatic heterocycles. The Kier molecular flexibility index (Phi) is 3.52. The molecule has 0 bridgehead atoms. The van der Waals surface area contributed by atoms with E-state index in [0.29, 0.717) is 4.67 Å². The zero-order valence-corrected chi connectivity index (χ0v) is 11.9. The molecule has 0 amide bonds. The third kappa shape index (κ3) is 2.39. The molecule has 84 valence electrons. The lowest BCUT2D eigenvalue weighted by Crippen LogP contribution is -2.12. The Morgan fingerprint density at radius 3 is 2.56 bits per heavy atom. The van der Waals surface area contributed by atoms with Gasteiger partial charge in [0.25, 0.3) is 0 Å². The molecule has 0 aliphatic rings. The van der Waals surface area contributed by atoms with Gasteiger partial charge >= 0.3 is 0 Å². The summed E-state index contributed by atoms with van der Waals surface area (Å²) in [5.74, 6) is 0.757. The van der Waals surface area contributed by atoms with Crippen LogP contribution >= 0.6 is 31.9 Å². The highest BCUT2D eigenvalue weighted by Gasteiger charge is 2.15. The number of furan rings is 1. The Morgan fingerprint density at radius 1 is 1.19 bits per heavy atom. The van der Waals surface area contributed by atoms with Crippen molar-refractivity contribution in [1.29, 1.82) is 0 Å². The maximum absolute atomic E-state index is 6.16. The molecule has 0 saturated carbocycles. The largest absolute Gasteiger partial charge is 0.452 e. The summed E-state index contributed by atoms with van der Waals surface area (Å²) < 4.78 is 7.19. The second-order valence-electron chi connectivity index (χ2n) is 3.62. The summed E-state index contributed by atoms with van der Waals surface area (Å²) in [7, 11) is 0. The molecule has 0 spiro atoms. The molecule has 1 unspecified atom stereocenters. The molecule has 1 aromatic carbocycles. The predicted molar refractivity (Wildman–Crippen MR) is 71.3 cm³/mol. The Balaban J connectivity index is 2.40. The van der Waals surface area contributed by atoms with E-state index in [0.717, 1.165) is 21.4 Å². The summed E-state index contributed by atoms with van der Waals surface area (Å²) in [4.78, 5) is 0. The monoisotopic (exact) mass is 343 g/mol. The van der Waals surface area contributed by atoms with Gasteiger partial charge in [-0.2, -0.15) is 0 Å². The first-order valence-corrected chi connectivity index (χ1v) is 6.43. The molecular weight excluding hydrogens is 334 g/mol. The van der Waals surface area contributed by atoms with Crippen molar-refractivity contribution in [2.24, 2.45) is 5.73 Å². The maximum atomic E-state index is 6.16.